The van der Waals surface area contributed by atoms with Gasteiger partial charge in [-0.15, -0.1) is 0 Å². The molecule has 120 valence electrons. The normalized spacial score (nSPS) is 18.8. The van der Waals surface area contributed by atoms with Crippen molar-refractivity contribution in [2.24, 2.45) is 0 Å². The number of fused-ring (bicyclic) bond motifs is 1. The van der Waals surface area contributed by atoms with E-state index in [0.29, 0.717) is 12.0 Å². The smallest absolute Gasteiger partial charge is 0.259 e. The van der Waals surface area contributed by atoms with Crippen LogP contribution in [-0.2, 0) is 5.54 Å². The van der Waals surface area contributed by atoms with Gasteiger partial charge in [-0.3, -0.25) is 9.69 Å². The Hall–Kier alpha value is -2.86. The molecule has 3 nitrogen and oxygen atoms in total. The zero-order chi connectivity index (χ0) is 17.0. The summed E-state index contributed by atoms with van der Waals surface area (Å²) in [6.07, 6.45) is 6.16. The van der Waals surface area contributed by atoms with Gasteiger partial charge in [0.1, 0.15) is 0 Å². The summed E-state index contributed by atoms with van der Waals surface area (Å²) in [7, 11) is 0. The van der Waals surface area contributed by atoms with Crippen LogP contribution in [-0.4, -0.2) is 10.8 Å². The molecule has 0 aliphatic carbocycles. The summed E-state index contributed by atoms with van der Waals surface area (Å²) >= 11 is 0. The predicted molar refractivity (Wildman–Crippen MR) is 94.9 cm³/mol. The molecule has 1 aliphatic rings. The van der Waals surface area contributed by atoms with Gasteiger partial charge in [0.05, 0.1) is 6.07 Å². The molecular formula is C21H20N2O. The summed E-state index contributed by atoms with van der Waals surface area (Å²) in [6, 6.07) is 19.5. The van der Waals surface area contributed by atoms with Crippen molar-refractivity contribution in [2.45, 2.75) is 31.7 Å². The lowest BCUT2D eigenvalue weighted by Crippen LogP contribution is -2.47. The SMILES string of the molecule is CCCCC1(C#N)c2ccccc2C=CN1C(=O)c1ccccc1. The minimum Gasteiger partial charge on any atom is -0.292 e. The number of carbonyl (C=O) groups excluding carboxylic acids is 1. The Bertz CT molecular complexity index is 804. The minimum atomic E-state index is -0.950. The molecule has 3 rings (SSSR count). The third-order valence-electron chi connectivity index (χ3n) is 4.54. The molecule has 1 aliphatic heterocycles. The minimum absolute atomic E-state index is 0.140. The van der Waals surface area contributed by atoms with E-state index in [4.69, 9.17) is 0 Å². The summed E-state index contributed by atoms with van der Waals surface area (Å²) < 4.78 is 0. The van der Waals surface area contributed by atoms with Crippen LogP contribution in [0.5, 0.6) is 0 Å². The van der Waals surface area contributed by atoms with Crippen LogP contribution in [0.1, 0.15) is 47.7 Å². The summed E-state index contributed by atoms with van der Waals surface area (Å²) in [5, 5.41) is 10.1. The first-order valence-corrected chi connectivity index (χ1v) is 8.30. The molecule has 3 heteroatoms. The Morgan fingerprint density at radius 2 is 1.83 bits per heavy atom. The van der Waals surface area contributed by atoms with Crippen molar-refractivity contribution < 1.29 is 4.79 Å². The highest BCUT2D eigenvalue weighted by molar-refractivity contribution is 5.96. The van der Waals surface area contributed by atoms with Gasteiger partial charge in [0, 0.05) is 11.8 Å². The number of hydrogen-bond acceptors (Lipinski definition) is 2. The van der Waals surface area contributed by atoms with Gasteiger partial charge in [-0.2, -0.15) is 5.26 Å². The van der Waals surface area contributed by atoms with E-state index in [-0.39, 0.29) is 5.91 Å². The van der Waals surface area contributed by atoms with Crippen molar-refractivity contribution in [3.8, 4) is 6.07 Å². The van der Waals surface area contributed by atoms with Gasteiger partial charge < -0.3 is 0 Å². The molecule has 2 aromatic carbocycles. The Labute approximate surface area is 142 Å². The third kappa shape index (κ3) is 2.61. The maximum Gasteiger partial charge on any atom is 0.259 e. The summed E-state index contributed by atoms with van der Waals surface area (Å²) in [6.45, 7) is 2.10. The number of unbranched alkanes of at least 4 members (excludes halogenated alkanes) is 1. The van der Waals surface area contributed by atoms with Crippen molar-refractivity contribution in [1.29, 1.82) is 5.26 Å². The highest BCUT2D eigenvalue weighted by Crippen LogP contribution is 2.40. The zero-order valence-corrected chi connectivity index (χ0v) is 13.8. The molecule has 0 radical (unpaired) electrons. The Morgan fingerprint density at radius 1 is 1.12 bits per heavy atom. The van der Waals surface area contributed by atoms with E-state index in [9.17, 15) is 10.1 Å². The average molecular weight is 316 g/mol. The van der Waals surface area contributed by atoms with Crippen LogP contribution in [0.25, 0.3) is 6.08 Å². The molecule has 24 heavy (non-hydrogen) atoms. The van der Waals surface area contributed by atoms with E-state index in [1.807, 2.05) is 48.5 Å². The fraction of sp³-hybridized carbons (Fsp3) is 0.238. The Morgan fingerprint density at radius 3 is 2.54 bits per heavy atom. The molecule has 0 fully saturated rings. The van der Waals surface area contributed by atoms with Crippen molar-refractivity contribution in [2.75, 3.05) is 0 Å². The first-order chi connectivity index (χ1) is 11.7. The predicted octanol–water partition coefficient (Wildman–Crippen LogP) is 4.72. The Balaban J connectivity index is 2.11. The second-order valence-electron chi connectivity index (χ2n) is 6.02. The summed E-state index contributed by atoms with van der Waals surface area (Å²) in [5.74, 6) is -0.140. The number of carbonyl (C=O) groups is 1. The zero-order valence-electron chi connectivity index (χ0n) is 13.8. The molecule has 1 amide bonds. The number of rotatable bonds is 4. The van der Waals surface area contributed by atoms with E-state index >= 15 is 0 Å². The molecule has 0 aromatic heterocycles. The third-order valence-corrected chi connectivity index (χ3v) is 4.54. The lowest BCUT2D eigenvalue weighted by molar-refractivity contribution is 0.0682. The van der Waals surface area contributed by atoms with Crippen LogP contribution in [0.15, 0.2) is 60.8 Å². The molecule has 0 bridgehead atoms. The molecule has 1 atom stereocenters. The van der Waals surface area contributed by atoms with E-state index in [1.54, 1.807) is 23.2 Å². The highest BCUT2D eigenvalue weighted by Gasteiger charge is 2.43. The van der Waals surface area contributed by atoms with E-state index in [0.717, 1.165) is 24.0 Å². The first kappa shape index (κ1) is 16.0. The summed E-state index contributed by atoms with van der Waals surface area (Å²) in [4.78, 5) is 14.7. The average Bonchev–Trinajstić information content (AvgIpc) is 2.66. The fourth-order valence-electron chi connectivity index (χ4n) is 3.25. The van der Waals surface area contributed by atoms with Gasteiger partial charge in [0.15, 0.2) is 5.54 Å². The van der Waals surface area contributed by atoms with Gasteiger partial charge >= 0.3 is 0 Å². The number of benzene rings is 2. The van der Waals surface area contributed by atoms with Gasteiger partial charge in [0.25, 0.3) is 5.91 Å². The fourth-order valence-corrected chi connectivity index (χ4v) is 3.25. The monoisotopic (exact) mass is 316 g/mol. The standard InChI is InChI=1S/C21H20N2O/c1-2-3-14-21(16-22)19-12-8-7-9-17(19)13-15-23(21)20(24)18-10-5-4-6-11-18/h4-13,15H,2-3,14H2,1H3. The highest BCUT2D eigenvalue weighted by atomic mass is 16.2. The van der Waals surface area contributed by atoms with Gasteiger partial charge in [0.2, 0.25) is 0 Å². The number of nitriles is 1. The van der Waals surface area contributed by atoms with Crippen LogP contribution < -0.4 is 0 Å². The second-order valence-corrected chi connectivity index (χ2v) is 6.02. The number of hydrogen-bond donors (Lipinski definition) is 0. The van der Waals surface area contributed by atoms with Gasteiger partial charge in [-0.1, -0.05) is 55.8 Å². The van der Waals surface area contributed by atoms with E-state index < -0.39 is 5.54 Å². The van der Waals surface area contributed by atoms with Gasteiger partial charge in [-0.25, -0.2) is 0 Å². The van der Waals surface area contributed by atoms with Crippen LogP contribution in [0, 0.1) is 11.3 Å². The lowest BCUT2D eigenvalue weighted by Gasteiger charge is -2.40. The maximum absolute atomic E-state index is 13.1. The van der Waals surface area contributed by atoms with Crippen LogP contribution in [0.3, 0.4) is 0 Å². The maximum atomic E-state index is 13.1. The van der Waals surface area contributed by atoms with E-state index in [1.165, 1.54) is 0 Å². The largest absolute Gasteiger partial charge is 0.292 e. The van der Waals surface area contributed by atoms with Crippen molar-refractivity contribution in [3.63, 3.8) is 0 Å². The lowest BCUT2D eigenvalue weighted by atomic mass is 9.79. The molecule has 0 saturated heterocycles. The molecule has 1 unspecified atom stereocenters. The van der Waals surface area contributed by atoms with Gasteiger partial charge in [-0.05, 0) is 42.2 Å². The molecule has 0 spiro atoms. The molecule has 2 aromatic rings. The van der Waals surface area contributed by atoms with Crippen LogP contribution in [0.2, 0.25) is 0 Å². The molecular weight excluding hydrogens is 296 g/mol. The molecule has 0 N–H and O–H groups in total. The van der Waals surface area contributed by atoms with Crippen LogP contribution in [0.4, 0.5) is 0 Å². The Kier molecular flexibility index (Phi) is 4.48. The first-order valence-electron chi connectivity index (χ1n) is 8.30. The topological polar surface area (TPSA) is 44.1 Å². The molecule has 0 saturated carbocycles. The summed E-state index contributed by atoms with van der Waals surface area (Å²) in [5.41, 5.74) is 1.56. The second kappa shape index (κ2) is 6.72. The van der Waals surface area contributed by atoms with Crippen LogP contribution >= 0.6 is 0 Å². The number of nitrogens with zero attached hydrogens (tertiary/aromatic N) is 2. The molecule has 1 heterocycles. The van der Waals surface area contributed by atoms with Crippen molar-refractivity contribution >= 4 is 12.0 Å². The quantitative estimate of drug-likeness (QED) is 0.819. The van der Waals surface area contributed by atoms with E-state index in [2.05, 4.69) is 13.0 Å². The van der Waals surface area contributed by atoms with Crippen molar-refractivity contribution in [3.05, 3.63) is 77.5 Å². The van der Waals surface area contributed by atoms with Crippen molar-refractivity contribution in [1.82, 2.24) is 4.90 Å². The number of amides is 1.